The third-order valence-electron chi connectivity index (χ3n) is 5.86. The first kappa shape index (κ1) is 9.96. The topological polar surface area (TPSA) is 53.6 Å². The maximum absolute atomic E-state index is 4.69. The molecule has 0 aromatic carbocycles. The van der Waals surface area contributed by atoms with Gasteiger partial charge in [-0.2, -0.15) is 5.10 Å². The van der Waals surface area contributed by atoms with Gasteiger partial charge >= 0.3 is 0 Å². The first-order valence-electron chi connectivity index (χ1n) is 7.39. The predicted molar refractivity (Wildman–Crippen MR) is 67.1 cm³/mol. The number of rotatable bonds is 4. The van der Waals surface area contributed by atoms with Crippen molar-refractivity contribution in [3.8, 4) is 0 Å². The highest BCUT2D eigenvalue weighted by molar-refractivity contribution is 5.23. The van der Waals surface area contributed by atoms with Crippen molar-refractivity contribution >= 4 is 0 Å². The Morgan fingerprint density at radius 1 is 1.17 bits per heavy atom. The molecule has 6 rings (SSSR count). The zero-order valence-electron chi connectivity index (χ0n) is 10.7. The molecule has 1 aromatic rings. The lowest BCUT2D eigenvalue weighted by Gasteiger charge is -2.75. The molecule has 1 aromatic heterocycles. The number of H-pyrrole nitrogens is 1. The fraction of sp³-hybridized carbons (Fsp3) is 0.857. The normalized spacial score (nSPS) is 42.0. The molecule has 0 unspecified atom stereocenters. The summed E-state index contributed by atoms with van der Waals surface area (Å²) in [6, 6.07) is 0. The fourth-order valence-electron chi connectivity index (χ4n) is 4.70. The first-order valence-corrected chi connectivity index (χ1v) is 7.39. The van der Waals surface area contributed by atoms with Crippen LogP contribution in [0, 0.1) is 16.7 Å². The van der Waals surface area contributed by atoms with Crippen LogP contribution >= 0.6 is 0 Å². The molecule has 18 heavy (non-hydrogen) atoms. The largest absolute Gasteiger partial charge is 0.316 e. The molecule has 4 aliphatic carbocycles. The molecule has 2 heterocycles. The van der Waals surface area contributed by atoms with Gasteiger partial charge in [0.1, 0.15) is 5.82 Å². The Morgan fingerprint density at radius 3 is 2.56 bits per heavy atom. The number of aromatic nitrogens is 3. The molecule has 2 bridgehead atoms. The van der Waals surface area contributed by atoms with Crippen molar-refractivity contribution in [3.05, 3.63) is 11.6 Å². The second-order valence-corrected chi connectivity index (χ2v) is 7.34. The van der Waals surface area contributed by atoms with E-state index in [2.05, 4.69) is 20.5 Å². The molecule has 1 saturated heterocycles. The molecule has 96 valence electrons. The number of aromatic amines is 1. The van der Waals surface area contributed by atoms with Gasteiger partial charge in [0, 0.05) is 12.3 Å². The van der Waals surface area contributed by atoms with Crippen molar-refractivity contribution in [1.29, 1.82) is 0 Å². The number of hydrogen-bond acceptors (Lipinski definition) is 3. The molecular formula is C14H20N4. The summed E-state index contributed by atoms with van der Waals surface area (Å²) in [7, 11) is 0. The van der Waals surface area contributed by atoms with Crippen LogP contribution in [0.4, 0.5) is 0 Å². The van der Waals surface area contributed by atoms with Crippen LogP contribution < -0.4 is 5.32 Å². The van der Waals surface area contributed by atoms with E-state index >= 15 is 0 Å². The van der Waals surface area contributed by atoms with Gasteiger partial charge in [0.2, 0.25) is 0 Å². The van der Waals surface area contributed by atoms with Gasteiger partial charge in [-0.1, -0.05) is 0 Å². The molecule has 0 amide bonds. The molecule has 0 atom stereocenters. The van der Waals surface area contributed by atoms with E-state index in [9.17, 15) is 0 Å². The summed E-state index contributed by atoms with van der Waals surface area (Å²) >= 11 is 0. The summed E-state index contributed by atoms with van der Waals surface area (Å²) in [6.07, 6.45) is 8.08. The highest BCUT2D eigenvalue weighted by atomic mass is 15.2. The van der Waals surface area contributed by atoms with Crippen molar-refractivity contribution in [1.82, 2.24) is 20.5 Å². The van der Waals surface area contributed by atoms with Crippen LogP contribution in [0.5, 0.6) is 0 Å². The van der Waals surface area contributed by atoms with Gasteiger partial charge in [0.25, 0.3) is 0 Å². The summed E-state index contributed by atoms with van der Waals surface area (Å²) in [5.74, 6) is 3.89. The lowest BCUT2D eigenvalue weighted by molar-refractivity contribution is -0.243. The molecule has 4 saturated carbocycles. The summed E-state index contributed by atoms with van der Waals surface area (Å²) in [6.45, 7) is 2.54. The second kappa shape index (κ2) is 2.98. The van der Waals surface area contributed by atoms with Gasteiger partial charge in [-0.05, 0) is 61.9 Å². The lowest BCUT2D eigenvalue weighted by Crippen LogP contribution is -2.70. The summed E-state index contributed by atoms with van der Waals surface area (Å²) in [5, 5.41) is 11.0. The number of hydrogen-bond donors (Lipinski definition) is 2. The molecule has 4 nitrogen and oxygen atoms in total. The Bertz CT molecular complexity index is 478. The molecule has 1 aliphatic heterocycles. The van der Waals surface area contributed by atoms with Crippen LogP contribution in [0.2, 0.25) is 0 Å². The molecular weight excluding hydrogens is 224 g/mol. The highest BCUT2D eigenvalue weighted by Gasteiger charge is 2.70. The van der Waals surface area contributed by atoms with Gasteiger partial charge in [0.05, 0.1) is 0 Å². The Labute approximate surface area is 107 Å². The summed E-state index contributed by atoms with van der Waals surface area (Å²) < 4.78 is 0. The van der Waals surface area contributed by atoms with Crippen molar-refractivity contribution < 1.29 is 0 Å². The van der Waals surface area contributed by atoms with Crippen LogP contribution in [0.3, 0.4) is 0 Å². The van der Waals surface area contributed by atoms with E-state index in [0.29, 0.717) is 11.3 Å². The van der Waals surface area contributed by atoms with Crippen LogP contribution in [-0.4, -0.2) is 28.3 Å². The van der Waals surface area contributed by atoms with E-state index < -0.39 is 0 Å². The van der Waals surface area contributed by atoms with Gasteiger partial charge < -0.3 is 5.32 Å². The smallest absolute Gasteiger partial charge is 0.153 e. The average Bonchev–Trinajstić information content (AvgIpc) is 2.92. The zero-order chi connectivity index (χ0) is 11.8. The molecule has 5 aliphatic rings. The minimum absolute atomic E-state index is 0.607. The second-order valence-electron chi connectivity index (χ2n) is 7.34. The number of nitrogens with zero attached hydrogens (tertiary/aromatic N) is 2. The van der Waals surface area contributed by atoms with E-state index in [4.69, 9.17) is 0 Å². The highest BCUT2D eigenvalue weighted by Crippen LogP contribution is 2.77. The Morgan fingerprint density at radius 2 is 1.94 bits per heavy atom. The number of nitrogens with one attached hydrogen (secondary N) is 2. The molecule has 4 heteroatoms. The van der Waals surface area contributed by atoms with Gasteiger partial charge in [-0.25, -0.2) is 4.98 Å². The Hall–Kier alpha value is -0.900. The SMILES string of the molecule is C1CC1c1n[nH]c(CC23CC(C4CNC4)(C2)C3)n1. The third-order valence-corrected chi connectivity index (χ3v) is 5.86. The van der Waals surface area contributed by atoms with E-state index in [1.54, 1.807) is 0 Å². The van der Waals surface area contributed by atoms with Crippen molar-refractivity contribution in [2.75, 3.05) is 13.1 Å². The first-order chi connectivity index (χ1) is 8.77. The van der Waals surface area contributed by atoms with Crippen LogP contribution in [0.25, 0.3) is 0 Å². The Balaban J connectivity index is 1.26. The summed E-state index contributed by atoms with van der Waals surface area (Å²) in [4.78, 5) is 4.69. The monoisotopic (exact) mass is 244 g/mol. The molecule has 0 radical (unpaired) electrons. The minimum atomic E-state index is 0.607. The predicted octanol–water partition coefficient (Wildman–Crippen LogP) is 1.61. The Kier molecular flexibility index (Phi) is 1.65. The standard InChI is InChI=1S/C14H20N4/c1-2-9(1)12-16-11(17-18-12)3-13-6-14(7-13,8-13)10-4-15-5-10/h9-10,15H,1-8H2,(H,16,17,18). The molecule has 2 N–H and O–H groups in total. The zero-order valence-corrected chi connectivity index (χ0v) is 10.7. The van der Waals surface area contributed by atoms with Crippen LogP contribution in [0.15, 0.2) is 0 Å². The van der Waals surface area contributed by atoms with Crippen LogP contribution in [0.1, 0.15) is 49.7 Å². The van der Waals surface area contributed by atoms with Crippen molar-refractivity contribution in [2.45, 2.75) is 44.4 Å². The molecule has 5 fully saturated rings. The van der Waals surface area contributed by atoms with Gasteiger partial charge in [-0.3, -0.25) is 5.10 Å². The van der Waals surface area contributed by atoms with Crippen molar-refractivity contribution in [3.63, 3.8) is 0 Å². The lowest BCUT2D eigenvalue weighted by atomic mass is 9.30. The maximum atomic E-state index is 4.69. The average molecular weight is 244 g/mol. The van der Waals surface area contributed by atoms with Gasteiger partial charge in [-0.15, -0.1) is 0 Å². The third kappa shape index (κ3) is 1.20. The minimum Gasteiger partial charge on any atom is -0.316 e. The summed E-state index contributed by atoms with van der Waals surface area (Å²) in [5.41, 5.74) is 1.35. The van der Waals surface area contributed by atoms with E-state index in [-0.39, 0.29) is 0 Å². The maximum Gasteiger partial charge on any atom is 0.153 e. The van der Waals surface area contributed by atoms with Crippen molar-refractivity contribution in [2.24, 2.45) is 16.7 Å². The molecule has 0 spiro atoms. The van der Waals surface area contributed by atoms with E-state index in [1.165, 1.54) is 45.2 Å². The van der Waals surface area contributed by atoms with Gasteiger partial charge in [0.15, 0.2) is 5.82 Å². The van der Waals surface area contributed by atoms with Crippen LogP contribution in [-0.2, 0) is 6.42 Å². The van der Waals surface area contributed by atoms with E-state index in [1.807, 2.05) is 0 Å². The van der Waals surface area contributed by atoms with E-state index in [0.717, 1.165) is 29.4 Å². The quantitative estimate of drug-likeness (QED) is 0.846. The fourth-order valence-corrected chi connectivity index (χ4v) is 4.70.